The second-order valence-corrected chi connectivity index (χ2v) is 8.93. The molecule has 1 atom stereocenters. The number of rotatable bonds is 2. The first-order valence-electron chi connectivity index (χ1n) is 7.04. The zero-order chi connectivity index (χ0) is 16.1. The third-order valence-electron chi connectivity index (χ3n) is 4.31. The Balaban J connectivity index is 1.94. The number of carbonyl (C=O) groups is 1. The lowest BCUT2D eigenvalue weighted by molar-refractivity contribution is 0.0742. The van der Waals surface area contributed by atoms with Crippen LogP contribution in [0.2, 0.25) is 0 Å². The summed E-state index contributed by atoms with van der Waals surface area (Å²) in [4.78, 5) is 17.4. The minimum atomic E-state index is -3.01. The van der Waals surface area contributed by atoms with E-state index in [1.54, 1.807) is 11.9 Å². The number of aromatic nitrogens is 1. The van der Waals surface area contributed by atoms with Crippen molar-refractivity contribution in [2.24, 2.45) is 0 Å². The van der Waals surface area contributed by atoms with Crippen LogP contribution in [0.15, 0.2) is 22.7 Å². The van der Waals surface area contributed by atoms with E-state index >= 15 is 0 Å². The van der Waals surface area contributed by atoms with Gasteiger partial charge in [0.25, 0.3) is 5.91 Å². The molecule has 3 rings (SSSR count). The van der Waals surface area contributed by atoms with E-state index in [9.17, 15) is 13.2 Å². The highest BCUT2D eigenvalue weighted by Crippen LogP contribution is 2.27. The minimum absolute atomic E-state index is 0.0556. The van der Waals surface area contributed by atoms with Gasteiger partial charge in [-0.1, -0.05) is 15.9 Å². The Morgan fingerprint density at radius 1 is 1.41 bits per heavy atom. The number of fused-ring (bicyclic) bond motifs is 1. The van der Waals surface area contributed by atoms with E-state index in [1.807, 2.05) is 25.1 Å². The van der Waals surface area contributed by atoms with Crippen LogP contribution in [0.3, 0.4) is 0 Å². The molecular formula is C15H17BrN2O3S. The number of aryl methyl sites for hydroxylation is 1. The standard InChI is InChI=1S/C15H17BrN2O3S/c1-9-12-7-10(16)3-4-13(12)17-14(9)15(19)18(2)11-5-6-22(20,21)8-11/h3-4,7,11,17H,5-6,8H2,1-2H3/t11-/m0/s1. The third kappa shape index (κ3) is 2.67. The molecule has 2 aromatic rings. The number of carbonyl (C=O) groups excluding carboxylic acids is 1. The van der Waals surface area contributed by atoms with Crippen LogP contribution in [0, 0.1) is 6.92 Å². The topological polar surface area (TPSA) is 70.2 Å². The summed E-state index contributed by atoms with van der Waals surface area (Å²) < 4.78 is 24.2. The molecule has 0 saturated carbocycles. The molecule has 22 heavy (non-hydrogen) atoms. The molecule has 0 aliphatic carbocycles. The van der Waals surface area contributed by atoms with Crippen LogP contribution >= 0.6 is 15.9 Å². The summed E-state index contributed by atoms with van der Waals surface area (Å²) in [5, 5.41) is 0.991. The first kappa shape index (κ1) is 15.6. The van der Waals surface area contributed by atoms with E-state index in [4.69, 9.17) is 0 Å². The van der Waals surface area contributed by atoms with E-state index in [2.05, 4.69) is 20.9 Å². The van der Waals surface area contributed by atoms with Crippen LogP contribution in [-0.4, -0.2) is 48.8 Å². The van der Waals surface area contributed by atoms with Gasteiger partial charge in [-0.05, 0) is 37.1 Å². The minimum Gasteiger partial charge on any atom is -0.350 e. The van der Waals surface area contributed by atoms with Gasteiger partial charge < -0.3 is 9.88 Å². The average molecular weight is 385 g/mol. The van der Waals surface area contributed by atoms with Gasteiger partial charge in [0.2, 0.25) is 0 Å². The molecule has 1 aliphatic rings. The van der Waals surface area contributed by atoms with Crippen LogP contribution in [0.1, 0.15) is 22.5 Å². The number of hydrogen-bond acceptors (Lipinski definition) is 3. The lowest BCUT2D eigenvalue weighted by Gasteiger charge is -2.23. The molecule has 118 valence electrons. The molecule has 1 fully saturated rings. The fourth-order valence-electron chi connectivity index (χ4n) is 2.94. The first-order chi connectivity index (χ1) is 10.3. The zero-order valence-corrected chi connectivity index (χ0v) is 14.8. The molecule has 2 heterocycles. The molecule has 0 radical (unpaired) electrons. The summed E-state index contributed by atoms with van der Waals surface area (Å²) in [6.45, 7) is 1.90. The molecule has 1 saturated heterocycles. The lowest BCUT2D eigenvalue weighted by Crippen LogP contribution is -2.38. The number of nitrogens with one attached hydrogen (secondary N) is 1. The summed E-state index contributed by atoms with van der Waals surface area (Å²) in [7, 11) is -1.33. The number of H-pyrrole nitrogens is 1. The van der Waals surface area contributed by atoms with Gasteiger partial charge >= 0.3 is 0 Å². The monoisotopic (exact) mass is 384 g/mol. The summed E-state index contributed by atoms with van der Waals surface area (Å²) >= 11 is 3.43. The molecule has 0 spiro atoms. The number of nitrogens with zero attached hydrogens (tertiary/aromatic N) is 1. The lowest BCUT2D eigenvalue weighted by atomic mass is 10.1. The predicted octanol–water partition coefficient (Wildman–Crippen LogP) is 2.50. The number of halogens is 1. The molecule has 7 heteroatoms. The van der Waals surface area contributed by atoms with Crippen molar-refractivity contribution in [1.29, 1.82) is 0 Å². The maximum absolute atomic E-state index is 12.7. The summed E-state index contributed by atoms with van der Waals surface area (Å²) in [6, 6.07) is 5.57. The van der Waals surface area contributed by atoms with E-state index < -0.39 is 9.84 Å². The number of hydrogen-bond donors (Lipinski definition) is 1. The van der Waals surface area contributed by atoms with Gasteiger partial charge in [-0.25, -0.2) is 8.42 Å². The molecular weight excluding hydrogens is 368 g/mol. The summed E-state index contributed by atoms with van der Waals surface area (Å²) in [5.41, 5.74) is 2.31. The van der Waals surface area contributed by atoms with Gasteiger partial charge in [0, 0.05) is 28.5 Å². The Morgan fingerprint density at radius 3 is 2.77 bits per heavy atom. The van der Waals surface area contributed by atoms with Gasteiger partial charge in [-0.3, -0.25) is 4.79 Å². The van der Waals surface area contributed by atoms with Crippen molar-refractivity contribution in [1.82, 2.24) is 9.88 Å². The van der Waals surface area contributed by atoms with E-state index in [-0.39, 0.29) is 23.5 Å². The van der Waals surface area contributed by atoms with Crippen LogP contribution in [0.5, 0.6) is 0 Å². The van der Waals surface area contributed by atoms with Gasteiger partial charge in [0.05, 0.1) is 11.5 Å². The molecule has 1 N–H and O–H groups in total. The van der Waals surface area contributed by atoms with E-state index in [0.717, 1.165) is 20.9 Å². The molecule has 1 aromatic heterocycles. The predicted molar refractivity (Wildman–Crippen MR) is 89.9 cm³/mol. The van der Waals surface area contributed by atoms with Crippen molar-refractivity contribution in [2.75, 3.05) is 18.6 Å². The van der Waals surface area contributed by atoms with Gasteiger partial charge in [0.15, 0.2) is 9.84 Å². The SMILES string of the molecule is Cc1c(C(=O)N(C)[C@H]2CCS(=O)(=O)C2)[nH]c2ccc(Br)cc12. The van der Waals surface area contributed by atoms with E-state index in [1.165, 1.54) is 0 Å². The van der Waals surface area contributed by atoms with Crippen molar-refractivity contribution in [3.05, 3.63) is 33.9 Å². The van der Waals surface area contributed by atoms with Crippen molar-refractivity contribution in [3.8, 4) is 0 Å². The number of sulfone groups is 1. The zero-order valence-electron chi connectivity index (χ0n) is 12.4. The number of aromatic amines is 1. The Bertz CT molecular complexity index is 857. The highest BCUT2D eigenvalue weighted by atomic mass is 79.9. The molecule has 1 aliphatic heterocycles. The van der Waals surface area contributed by atoms with Crippen molar-refractivity contribution in [2.45, 2.75) is 19.4 Å². The Labute approximate surface area is 137 Å². The van der Waals surface area contributed by atoms with Crippen molar-refractivity contribution < 1.29 is 13.2 Å². The Kier molecular flexibility index (Phi) is 3.81. The van der Waals surface area contributed by atoms with Crippen LogP contribution in [0.25, 0.3) is 10.9 Å². The first-order valence-corrected chi connectivity index (χ1v) is 9.65. The molecule has 1 amide bonds. The third-order valence-corrected chi connectivity index (χ3v) is 6.55. The van der Waals surface area contributed by atoms with Crippen molar-refractivity contribution in [3.63, 3.8) is 0 Å². The maximum Gasteiger partial charge on any atom is 0.270 e. The second-order valence-electron chi connectivity index (χ2n) is 5.79. The largest absolute Gasteiger partial charge is 0.350 e. The van der Waals surface area contributed by atoms with Gasteiger partial charge in [-0.15, -0.1) is 0 Å². The smallest absolute Gasteiger partial charge is 0.270 e. The number of amides is 1. The van der Waals surface area contributed by atoms with Crippen LogP contribution < -0.4 is 0 Å². The quantitative estimate of drug-likeness (QED) is 0.864. The van der Waals surface area contributed by atoms with E-state index in [0.29, 0.717) is 12.1 Å². The fourth-order valence-corrected chi connectivity index (χ4v) is 5.07. The molecule has 5 nitrogen and oxygen atoms in total. The Morgan fingerprint density at radius 2 is 2.14 bits per heavy atom. The highest BCUT2D eigenvalue weighted by molar-refractivity contribution is 9.10. The van der Waals surface area contributed by atoms with Gasteiger partial charge in [-0.2, -0.15) is 0 Å². The molecule has 0 unspecified atom stereocenters. The number of benzene rings is 1. The molecule has 1 aromatic carbocycles. The van der Waals surface area contributed by atoms with Crippen molar-refractivity contribution >= 4 is 42.6 Å². The molecule has 0 bridgehead atoms. The normalized spacial score (nSPS) is 20.4. The highest BCUT2D eigenvalue weighted by Gasteiger charge is 2.33. The Hall–Kier alpha value is -1.34. The van der Waals surface area contributed by atoms with Crippen LogP contribution in [0.4, 0.5) is 0 Å². The summed E-state index contributed by atoms with van der Waals surface area (Å²) in [5.74, 6) is 0.0560. The fraction of sp³-hybridized carbons (Fsp3) is 0.400. The van der Waals surface area contributed by atoms with Gasteiger partial charge in [0.1, 0.15) is 5.69 Å². The summed E-state index contributed by atoms with van der Waals surface area (Å²) in [6.07, 6.45) is 0.509. The average Bonchev–Trinajstić information content (AvgIpc) is 2.98. The maximum atomic E-state index is 12.7. The second kappa shape index (κ2) is 5.38. The van der Waals surface area contributed by atoms with Crippen LogP contribution in [-0.2, 0) is 9.84 Å².